The van der Waals surface area contributed by atoms with Crippen LogP contribution in [0.25, 0.3) is 0 Å². The summed E-state index contributed by atoms with van der Waals surface area (Å²) in [5.41, 5.74) is 0.716. The lowest BCUT2D eigenvalue weighted by molar-refractivity contribution is -0.131. The van der Waals surface area contributed by atoms with E-state index in [9.17, 15) is 9.59 Å². The zero-order chi connectivity index (χ0) is 18.1. The van der Waals surface area contributed by atoms with Gasteiger partial charge < -0.3 is 20.2 Å². The number of carbonyl (C=O) groups is 2. The summed E-state index contributed by atoms with van der Waals surface area (Å²) in [6, 6.07) is -1.12. The van der Waals surface area contributed by atoms with Gasteiger partial charge in [-0.05, 0) is 18.1 Å². The molecule has 0 aromatic carbocycles. The fourth-order valence-corrected chi connectivity index (χ4v) is 2.97. The summed E-state index contributed by atoms with van der Waals surface area (Å²) in [7, 11) is -1.85. The molecule has 0 radical (unpaired) electrons. The Morgan fingerprint density at radius 2 is 2.17 bits per heavy atom. The van der Waals surface area contributed by atoms with Crippen molar-refractivity contribution in [2.45, 2.75) is 64.1 Å². The average molecular weight is 355 g/mol. The van der Waals surface area contributed by atoms with E-state index in [2.05, 4.69) is 54.7 Å². The van der Waals surface area contributed by atoms with Crippen LogP contribution in [0, 0.1) is 0 Å². The van der Waals surface area contributed by atoms with Gasteiger partial charge in [0.1, 0.15) is 11.7 Å². The first-order valence-corrected chi connectivity index (χ1v) is 10.7. The van der Waals surface area contributed by atoms with E-state index in [1.807, 2.05) is 0 Å². The van der Waals surface area contributed by atoms with Crippen LogP contribution in [-0.2, 0) is 22.4 Å². The average Bonchev–Trinajstić information content (AvgIpc) is 2.89. The van der Waals surface area contributed by atoms with Crippen molar-refractivity contribution in [2.75, 3.05) is 0 Å². The Hall–Kier alpha value is -1.94. The second-order valence-electron chi connectivity index (χ2n) is 7.48. The van der Waals surface area contributed by atoms with Crippen LogP contribution in [0.5, 0.6) is 0 Å². The predicted octanol–water partition coefficient (Wildman–Crippen LogP) is 0.935. The van der Waals surface area contributed by atoms with Crippen molar-refractivity contribution < 1.29 is 19.1 Å². The molecule has 0 aliphatic carbocycles. The molecule has 1 aliphatic rings. The van der Waals surface area contributed by atoms with Gasteiger partial charge in [-0.2, -0.15) is 15.0 Å². The molecule has 2 heterocycles. The van der Waals surface area contributed by atoms with Crippen molar-refractivity contribution in [1.29, 1.82) is 0 Å². The molecule has 1 aliphatic heterocycles. The summed E-state index contributed by atoms with van der Waals surface area (Å²) in [5, 5.41) is 22.2. The van der Waals surface area contributed by atoms with Gasteiger partial charge in [-0.3, -0.25) is 4.79 Å². The Balaban J connectivity index is 1.90. The molecule has 1 saturated heterocycles. The van der Waals surface area contributed by atoms with E-state index in [0.29, 0.717) is 18.8 Å². The summed E-state index contributed by atoms with van der Waals surface area (Å²) in [5.74, 6) is -0.337. The van der Waals surface area contributed by atoms with Crippen molar-refractivity contribution in [2.24, 2.45) is 0 Å². The highest BCUT2D eigenvalue weighted by molar-refractivity contribution is 6.74. The Morgan fingerprint density at radius 3 is 2.71 bits per heavy atom. The first-order chi connectivity index (χ1) is 11.0. The third-order valence-electron chi connectivity index (χ3n) is 4.62. The van der Waals surface area contributed by atoms with Crippen LogP contribution in [0.15, 0.2) is 6.20 Å². The van der Waals surface area contributed by atoms with Crippen molar-refractivity contribution in [3.8, 4) is 0 Å². The smallest absolute Gasteiger partial charge is 0.405 e. The van der Waals surface area contributed by atoms with Crippen LogP contribution >= 0.6 is 0 Å². The molecule has 2 atom stereocenters. The number of carboxylic acid groups (broad SMARTS) is 1. The number of rotatable bonds is 6. The topological polar surface area (TPSA) is 118 Å². The lowest BCUT2D eigenvalue weighted by atomic mass is 9.99. The van der Waals surface area contributed by atoms with Crippen LogP contribution in [-0.4, -0.2) is 52.5 Å². The van der Waals surface area contributed by atoms with Gasteiger partial charge >= 0.3 is 6.09 Å². The third kappa shape index (κ3) is 4.12. The normalized spacial score (nSPS) is 21.1. The number of amides is 2. The predicted molar refractivity (Wildman–Crippen MR) is 88.9 cm³/mol. The Labute approximate surface area is 141 Å². The fourth-order valence-electron chi connectivity index (χ4n) is 2.03. The molecule has 2 rings (SSSR count). The van der Waals surface area contributed by atoms with Gasteiger partial charge in [0.2, 0.25) is 5.91 Å². The zero-order valence-electron chi connectivity index (χ0n) is 14.7. The SMILES string of the molecule is CC(C)(C)[Si](C)(C)OCc1cnn(C[C@H]2NC(=O)[C@H]2NC(=O)O)n1. The Kier molecular flexibility index (Phi) is 4.99. The molecule has 10 heteroatoms. The van der Waals surface area contributed by atoms with E-state index < -0.39 is 20.5 Å². The minimum atomic E-state index is -1.85. The van der Waals surface area contributed by atoms with Crippen LogP contribution in [0.3, 0.4) is 0 Å². The van der Waals surface area contributed by atoms with Crippen LogP contribution in [0.4, 0.5) is 4.79 Å². The molecule has 0 saturated carbocycles. The number of hydrogen-bond acceptors (Lipinski definition) is 5. The van der Waals surface area contributed by atoms with Gasteiger partial charge in [-0.1, -0.05) is 20.8 Å². The first kappa shape index (κ1) is 18.4. The molecule has 2 amide bonds. The monoisotopic (exact) mass is 355 g/mol. The molecule has 134 valence electrons. The Morgan fingerprint density at radius 1 is 1.50 bits per heavy atom. The van der Waals surface area contributed by atoms with Crippen molar-refractivity contribution >= 4 is 20.3 Å². The zero-order valence-corrected chi connectivity index (χ0v) is 15.7. The van der Waals surface area contributed by atoms with Gasteiger partial charge in [0.05, 0.1) is 25.4 Å². The molecule has 24 heavy (non-hydrogen) atoms. The maximum atomic E-state index is 11.4. The van der Waals surface area contributed by atoms with Crippen molar-refractivity contribution in [1.82, 2.24) is 25.6 Å². The van der Waals surface area contributed by atoms with E-state index in [4.69, 9.17) is 9.53 Å². The number of carbonyl (C=O) groups excluding carboxylic acids is 1. The highest BCUT2D eigenvalue weighted by atomic mass is 28.4. The van der Waals surface area contributed by atoms with Crippen LogP contribution in [0.2, 0.25) is 18.1 Å². The molecule has 1 aromatic heterocycles. The lowest BCUT2D eigenvalue weighted by Gasteiger charge is -2.36. The second-order valence-corrected chi connectivity index (χ2v) is 12.3. The summed E-state index contributed by atoms with van der Waals surface area (Å²) < 4.78 is 6.09. The minimum absolute atomic E-state index is 0.120. The standard InChI is InChI=1S/C14H25N5O4Si/c1-14(2,3)24(4,5)23-8-9-6-15-19(18-9)7-10-11(12(20)16-10)17-13(21)22/h6,10-11,17H,7-8H2,1-5H3,(H,16,20)(H,21,22)/t10-,11+/m1/s1. The van der Waals surface area contributed by atoms with Gasteiger partial charge in [-0.15, -0.1) is 0 Å². The molecule has 0 bridgehead atoms. The van der Waals surface area contributed by atoms with E-state index in [1.165, 1.54) is 4.80 Å². The third-order valence-corrected chi connectivity index (χ3v) is 9.10. The number of nitrogens with one attached hydrogen (secondary N) is 2. The molecule has 1 fully saturated rings. The van der Waals surface area contributed by atoms with Crippen molar-refractivity contribution in [3.05, 3.63) is 11.9 Å². The molecular formula is C14H25N5O4Si. The van der Waals surface area contributed by atoms with Gasteiger partial charge in [-0.25, -0.2) is 4.79 Å². The molecule has 0 unspecified atom stereocenters. The fraction of sp³-hybridized carbons (Fsp3) is 0.714. The van der Waals surface area contributed by atoms with E-state index in [1.54, 1.807) is 6.20 Å². The summed E-state index contributed by atoms with van der Waals surface area (Å²) in [6.45, 7) is 11.6. The highest BCUT2D eigenvalue weighted by Gasteiger charge is 2.41. The number of aromatic nitrogens is 3. The number of β-lactam (4-membered cyclic amide) rings is 1. The molecule has 9 nitrogen and oxygen atoms in total. The first-order valence-electron chi connectivity index (χ1n) is 7.82. The molecule has 0 spiro atoms. The lowest BCUT2D eigenvalue weighted by Crippen LogP contribution is -2.70. The largest absolute Gasteiger partial charge is 0.465 e. The second kappa shape index (κ2) is 6.52. The Bertz CT molecular complexity index is 625. The summed E-state index contributed by atoms with van der Waals surface area (Å²) in [4.78, 5) is 23.5. The summed E-state index contributed by atoms with van der Waals surface area (Å²) >= 11 is 0. The van der Waals surface area contributed by atoms with Crippen LogP contribution < -0.4 is 10.6 Å². The number of hydrogen-bond donors (Lipinski definition) is 3. The van der Waals surface area contributed by atoms with E-state index >= 15 is 0 Å². The quantitative estimate of drug-likeness (QED) is 0.516. The van der Waals surface area contributed by atoms with Gasteiger partial charge in [0.15, 0.2) is 8.32 Å². The van der Waals surface area contributed by atoms with Gasteiger partial charge in [0, 0.05) is 0 Å². The minimum Gasteiger partial charge on any atom is -0.465 e. The number of nitrogens with zero attached hydrogens (tertiary/aromatic N) is 3. The molecule has 3 N–H and O–H groups in total. The van der Waals surface area contributed by atoms with Gasteiger partial charge in [0.25, 0.3) is 0 Å². The van der Waals surface area contributed by atoms with Crippen LogP contribution in [0.1, 0.15) is 26.5 Å². The molecule has 1 aromatic rings. The molecular weight excluding hydrogens is 330 g/mol. The maximum Gasteiger partial charge on any atom is 0.405 e. The maximum absolute atomic E-state index is 11.4. The van der Waals surface area contributed by atoms with E-state index in [-0.39, 0.29) is 17.0 Å². The van der Waals surface area contributed by atoms with Crippen molar-refractivity contribution in [3.63, 3.8) is 0 Å². The highest BCUT2D eigenvalue weighted by Crippen LogP contribution is 2.36. The summed E-state index contributed by atoms with van der Waals surface area (Å²) in [6.07, 6.45) is 0.407. The van der Waals surface area contributed by atoms with E-state index in [0.717, 1.165) is 0 Å².